The maximum absolute atomic E-state index is 12.9. The summed E-state index contributed by atoms with van der Waals surface area (Å²) in [6.07, 6.45) is 1.59. The molecule has 1 aromatic carbocycles. The molecule has 0 radical (unpaired) electrons. The van der Waals surface area contributed by atoms with Crippen LogP contribution >= 0.6 is 0 Å². The van der Waals surface area contributed by atoms with Gasteiger partial charge in [0.1, 0.15) is 5.82 Å². The molecule has 0 aliphatic rings. The molecule has 1 heterocycles. The third-order valence-corrected chi connectivity index (χ3v) is 2.54. The molecule has 2 N–H and O–H groups in total. The van der Waals surface area contributed by atoms with Gasteiger partial charge in [-0.15, -0.1) is 0 Å². The lowest BCUT2D eigenvalue weighted by atomic mass is 10.2. The molecule has 6 nitrogen and oxygen atoms in total. The standard InChI is InChI=1S/C13H14FN3O3/c1-2-3-11-16-12(20-17-11)7-19-13(18)9-5-4-8(14)6-10(9)15/h4-6H,2-3,7,15H2,1H3. The minimum atomic E-state index is -0.669. The number of anilines is 1. The van der Waals surface area contributed by atoms with Crippen LogP contribution in [0.1, 0.15) is 35.4 Å². The monoisotopic (exact) mass is 279 g/mol. The molecule has 7 heteroatoms. The highest BCUT2D eigenvalue weighted by atomic mass is 19.1. The predicted octanol–water partition coefficient (Wildman–Crippen LogP) is 2.10. The van der Waals surface area contributed by atoms with E-state index in [9.17, 15) is 9.18 Å². The van der Waals surface area contributed by atoms with Crippen LogP contribution in [0.2, 0.25) is 0 Å². The van der Waals surface area contributed by atoms with Crippen molar-refractivity contribution in [3.63, 3.8) is 0 Å². The van der Waals surface area contributed by atoms with Gasteiger partial charge in [0.15, 0.2) is 12.4 Å². The number of hydrogen-bond acceptors (Lipinski definition) is 6. The fourth-order valence-corrected chi connectivity index (χ4v) is 1.60. The van der Waals surface area contributed by atoms with Gasteiger partial charge < -0.3 is 15.0 Å². The van der Waals surface area contributed by atoms with E-state index in [0.717, 1.165) is 18.6 Å². The van der Waals surface area contributed by atoms with Crippen LogP contribution in [0.5, 0.6) is 0 Å². The molecule has 0 spiro atoms. The fourth-order valence-electron chi connectivity index (χ4n) is 1.60. The predicted molar refractivity (Wildman–Crippen MR) is 68.2 cm³/mol. The van der Waals surface area contributed by atoms with Crippen LogP contribution < -0.4 is 5.73 Å². The number of carbonyl (C=O) groups is 1. The van der Waals surface area contributed by atoms with E-state index in [2.05, 4.69) is 10.1 Å². The van der Waals surface area contributed by atoms with Gasteiger partial charge in [-0.3, -0.25) is 0 Å². The van der Waals surface area contributed by atoms with Gasteiger partial charge in [-0.25, -0.2) is 9.18 Å². The van der Waals surface area contributed by atoms with Gasteiger partial charge in [0, 0.05) is 12.1 Å². The van der Waals surface area contributed by atoms with Crippen molar-refractivity contribution >= 4 is 11.7 Å². The van der Waals surface area contributed by atoms with Gasteiger partial charge in [0.25, 0.3) is 5.89 Å². The van der Waals surface area contributed by atoms with Crippen LogP contribution in [0.4, 0.5) is 10.1 Å². The van der Waals surface area contributed by atoms with Gasteiger partial charge in [0.2, 0.25) is 0 Å². The lowest BCUT2D eigenvalue weighted by Crippen LogP contribution is -2.08. The van der Waals surface area contributed by atoms with Crippen LogP contribution in [0, 0.1) is 5.82 Å². The summed E-state index contributed by atoms with van der Waals surface area (Å²) in [5.74, 6) is -0.403. The minimum absolute atomic E-state index is 0.0206. The molecule has 0 atom stereocenters. The molecule has 0 aliphatic carbocycles. The Hall–Kier alpha value is -2.44. The third-order valence-electron chi connectivity index (χ3n) is 2.54. The SMILES string of the molecule is CCCc1noc(COC(=O)c2ccc(F)cc2N)n1. The normalized spacial score (nSPS) is 10.5. The van der Waals surface area contributed by atoms with Crippen LogP contribution in [0.25, 0.3) is 0 Å². The highest BCUT2D eigenvalue weighted by Gasteiger charge is 2.14. The van der Waals surface area contributed by atoms with Gasteiger partial charge in [-0.1, -0.05) is 12.1 Å². The van der Waals surface area contributed by atoms with E-state index >= 15 is 0 Å². The Balaban J connectivity index is 1.97. The van der Waals surface area contributed by atoms with E-state index in [1.165, 1.54) is 6.07 Å². The van der Waals surface area contributed by atoms with Crippen molar-refractivity contribution in [1.82, 2.24) is 10.1 Å². The number of nitrogen functional groups attached to an aromatic ring is 1. The Morgan fingerprint density at radius 1 is 1.50 bits per heavy atom. The summed E-state index contributed by atoms with van der Waals surface area (Å²) in [7, 11) is 0. The number of benzene rings is 1. The number of halogens is 1. The number of rotatable bonds is 5. The molecular weight excluding hydrogens is 265 g/mol. The second kappa shape index (κ2) is 6.14. The van der Waals surface area contributed by atoms with Gasteiger partial charge >= 0.3 is 5.97 Å². The molecule has 0 saturated carbocycles. The van der Waals surface area contributed by atoms with Crippen LogP contribution in [0.15, 0.2) is 22.7 Å². The fraction of sp³-hybridized carbons (Fsp3) is 0.308. The number of aromatic nitrogens is 2. The molecule has 2 rings (SSSR count). The Kier molecular flexibility index (Phi) is 4.29. The molecule has 20 heavy (non-hydrogen) atoms. The number of aryl methyl sites for hydroxylation is 1. The number of nitrogens with two attached hydrogens (primary N) is 1. The van der Waals surface area contributed by atoms with E-state index in [1.807, 2.05) is 6.92 Å². The first kappa shape index (κ1) is 14.0. The first-order valence-corrected chi connectivity index (χ1v) is 6.13. The van der Waals surface area contributed by atoms with Crippen molar-refractivity contribution in [2.75, 3.05) is 5.73 Å². The Bertz CT molecular complexity index is 613. The minimum Gasteiger partial charge on any atom is -0.452 e. The van der Waals surface area contributed by atoms with Crippen molar-refractivity contribution in [1.29, 1.82) is 0 Å². The smallest absolute Gasteiger partial charge is 0.340 e. The third kappa shape index (κ3) is 3.31. The summed E-state index contributed by atoms with van der Waals surface area (Å²) in [6, 6.07) is 3.46. The van der Waals surface area contributed by atoms with Crippen molar-refractivity contribution in [2.24, 2.45) is 0 Å². The van der Waals surface area contributed by atoms with E-state index in [1.54, 1.807) is 0 Å². The molecule has 0 unspecified atom stereocenters. The second-order valence-electron chi connectivity index (χ2n) is 4.16. The summed E-state index contributed by atoms with van der Waals surface area (Å²) in [4.78, 5) is 15.8. The second-order valence-corrected chi connectivity index (χ2v) is 4.16. The molecule has 0 aliphatic heterocycles. The zero-order valence-electron chi connectivity index (χ0n) is 10.9. The summed E-state index contributed by atoms with van der Waals surface area (Å²) < 4.78 is 22.8. The zero-order valence-corrected chi connectivity index (χ0v) is 10.9. The Labute approximate surface area is 114 Å². The summed E-state index contributed by atoms with van der Waals surface area (Å²) >= 11 is 0. The number of esters is 1. The molecule has 1 aromatic heterocycles. The molecule has 0 fully saturated rings. The van der Waals surface area contributed by atoms with Crippen LogP contribution in [0.3, 0.4) is 0 Å². The maximum Gasteiger partial charge on any atom is 0.340 e. The van der Waals surface area contributed by atoms with Crippen molar-refractivity contribution in [2.45, 2.75) is 26.4 Å². The maximum atomic E-state index is 12.9. The van der Waals surface area contributed by atoms with Crippen LogP contribution in [-0.2, 0) is 17.8 Å². The number of ether oxygens (including phenoxy) is 1. The largest absolute Gasteiger partial charge is 0.452 e. The molecule has 106 valence electrons. The first-order chi connectivity index (χ1) is 9.60. The Morgan fingerprint density at radius 3 is 3.00 bits per heavy atom. The van der Waals surface area contributed by atoms with E-state index in [4.69, 9.17) is 15.0 Å². The zero-order chi connectivity index (χ0) is 14.5. The number of hydrogen-bond donors (Lipinski definition) is 1. The number of carbonyl (C=O) groups excluding carboxylic acids is 1. The van der Waals surface area contributed by atoms with Crippen molar-refractivity contribution in [3.8, 4) is 0 Å². The molecule has 2 aromatic rings. The number of nitrogens with zero attached hydrogens (tertiary/aromatic N) is 2. The molecular formula is C13H14FN3O3. The van der Waals surface area contributed by atoms with Crippen molar-refractivity contribution < 1.29 is 18.4 Å². The van der Waals surface area contributed by atoms with Gasteiger partial charge in [-0.2, -0.15) is 4.98 Å². The molecule has 0 bridgehead atoms. The highest BCUT2D eigenvalue weighted by Crippen LogP contribution is 2.15. The summed E-state index contributed by atoms with van der Waals surface area (Å²) in [6.45, 7) is 1.85. The topological polar surface area (TPSA) is 91.2 Å². The average Bonchev–Trinajstić information content (AvgIpc) is 2.84. The van der Waals surface area contributed by atoms with Crippen molar-refractivity contribution in [3.05, 3.63) is 41.3 Å². The quantitative estimate of drug-likeness (QED) is 0.665. The Morgan fingerprint density at radius 2 is 2.30 bits per heavy atom. The highest BCUT2D eigenvalue weighted by molar-refractivity contribution is 5.94. The van der Waals surface area contributed by atoms with E-state index in [-0.39, 0.29) is 23.7 Å². The first-order valence-electron chi connectivity index (χ1n) is 6.13. The summed E-state index contributed by atoms with van der Waals surface area (Å²) in [5, 5.41) is 3.73. The van der Waals surface area contributed by atoms with Gasteiger partial charge in [0.05, 0.1) is 5.56 Å². The van der Waals surface area contributed by atoms with Gasteiger partial charge in [-0.05, 0) is 24.6 Å². The molecule has 0 saturated heterocycles. The van der Waals surface area contributed by atoms with Crippen LogP contribution in [-0.4, -0.2) is 16.1 Å². The molecule has 0 amide bonds. The van der Waals surface area contributed by atoms with E-state index in [0.29, 0.717) is 12.2 Å². The lowest BCUT2D eigenvalue weighted by Gasteiger charge is -2.04. The summed E-state index contributed by atoms with van der Waals surface area (Å²) in [5.41, 5.74) is 5.66. The van der Waals surface area contributed by atoms with E-state index < -0.39 is 11.8 Å². The average molecular weight is 279 g/mol. The lowest BCUT2D eigenvalue weighted by molar-refractivity contribution is 0.0431.